The molecule has 3 atom stereocenters. The molecule has 2 amide bonds. The topological polar surface area (TPSA) is 86.7 Å². The number of halogens is 2. The zero-order valence-corrected chi connectivity index (χ0v) is 18.7. The number of aliphatic carboxylic acids is 1. The lowest BCUT2D eigenvalue weighted by molar-refractivity contribution is -0.160. The van der Waals surface area contributed by atoms with Crippen LogP contribution in [0.2, 0.25) is 10.0 Å². The fourth-order valence-corrected chi connectivity index (χ4v) is 5.69. The van der Waals surface area contributed by atoms with E-state index < -0.39 is 23.3 Å². The number of nitrogens with one attached hydrogen (secondary N) is 1. The van der Waals surface area contributed by atoms with Crippen molar-refractivity contribution in [3.05, 3.63) is 63.6 Å². The first kappa shape index (κ1) is 21.3. The first-order chi connectivity index (χ1) is 15.3. The second kappa shape index (κ2) is 7.78. The lowest BCUT2D eigenvalue weighted by Gasteiger charge is -2.51. The van der Waals surface area contributed by atoms with Gasteiger partial charge in [-0.1, -0.05) is 41.4 Å². The standard InChI is InChI=1S/C24H22Cl2N2O4/c25-16-3-1-2-14(8-16)19-9-15(10-21(29)30)22(31)28(12-13-4-5-13)24(19)18-7-6-17(26)11-20(18)27-23(24)32/h1-3,6-8,11,13,15,19H,4-5,9-10,12H2,(H,27,32)(H,29,30)/t15?,19-,24?/m0/s1. The van der Waals surface area contributed by atoms with Crippen molar-refractivity contribution in [2.24, 2.45) is 11.8 Å². The summed E-state index contributed by atoms with van der Waals surface area (Å²) in [6.07, 6.45) is 1.94. The van der Waals surface area contributed by atoms with Gasteiger partial charge < -0.3 is 15.3 Å². The molecule has 2 aromatic carbocycles. The van der Waals surface area contributed by atoms with E-state index in [4.69, 9.17) is 23.2 Å². The zero-order chi connectivity index (χ0) is 22.6. The molecule has 3 aliphatic rings. The van der Waals surface area contributed by atoms with E-state index in [0.717, 1.165) is 18.4 Å². The van der Waals surface area contributed by atoms with Crippen LogP contribution in [0.4, 0.5) is 5.69 Å². The molecule has 1 saturated heterocycles. The number of benzene rings is 2. The quantitative estimate of drug-likeness (QED) is 0.662. The van der Waals surface area contributed by atoms with Crippen molar-refractivity contribution in [2.75, 3.05) is 11.9 Å². The van der Waals surface area contributed by atoms with Gasteiger partial charge >= 0.3 is 5.97 Å². The highest BCUT2D eigenvalue weighted by Crippen LogP contribution is 2.56. The summed E-state index contributed by atoms with van der Waals surface area (Å²) in [5.41, 5.74) is 0.804. The van der Waals surface area contributed by atoms with E-state index in [2.05, 4.69) is 5.32 Å². The SMILES string of the molecule is O=C(O)CC1C[C@@H](c2cccc(Cl)c2)C2(C(=O)Nc3cc(Cl)ccc32)N(CC2CC2)C1=O. The number of hydrogen-bond donors (Lipinski definition) is 2. The van der Waals surface area contributed by atoms with Crippen LogP contribution in [0.15, 0.2) is 42.5 Å². The Labute approximate surface area is 195 Å². The summed E-state index contributed by atoms with van der Waals surface area (Å²) in [5, 5.41) is 13.4. The number of carboxylic acids is 1. The largest absolute Gasteiger partial charge is 0.481 e. The van der Waals surface area contributed by atoms with Gasteiger partial charge in [0.05, 0.1) is 6.42 Å². The van der Waals surface area contributed by atoms with Crippen LogP contribution in [-0.4, -0.2) is 34.3 Å². The second-order valence-corrected chi connectivity index (χ2v) is 9.81. The summed E-state index contributed by atoms with van der Waals surface area (Å²) >= 11 is 12.5. The fourth-order valence-electron chi connectivity index (χ4n) is 5.32. The van der Waals surface area contributed by atoms with Gasteiger partial charge in [-0.25, -0.2) is 0 Å². The molecule has 2 unspecified atom stereocenters. The average Bonchev–Trinajstić information content (AvgIpc) is 3.51. The molecular weight excluding hydrogens is 451 g/mol. The summed E-state index contributed by atoms with van der Waals surface area (Å²) in [5.74, 6) is -2.46. The van der Waals surface area contributed by atoms with Gasteiger partial charge in [-0.05, 0) is 55.0 Å². The third kappa shape index (κ3) is 3.37. The van der Waals surface area contributed by atoms with E-state index >= 15 is 0 Å². The molecule has 2 fully saturated rings. The van der Waals surface area contributed by atoms with Gasteiger partial charge in [-0.3, -0.25) is 14.4 Å². The van der Waals surface area contributed by atoms with Crippen LogP contribution in [0.1, 0.15) is 42.7 Å². The first-order valence-corrected chi connectivity index (χ1v) is 11.5. The Hall–Kier alpha value is -2.57. The van der Waals surface area contributed by atoms with Crippen molar-refractivity contribution < 1.29 is 19.5 Å². The van der Waals surface area contributed by atoms with E-state index in [1.165, 1.54) is 0 Å². The lowest BCUT2D eigenvalue weighted by Crippen LogP contribution is -2.62. The normalized spacial score (nSPS) is 26.9. The Bertz CT molecular complexity index is 1130. The average molecular weight is 473 g/mol. The Balaban J connectivity index is 1.74. The summed E-state index contributed by atoms with van der Waals surface area (Å²) < 4.78 is 0. The molecule has 8 heteroatoms. The molecule has 6 nitrogen and oxygen atoms in total. The molecule has 32 heavy (non-hydrogen) atoms. The van der Waals surface area contributed by atoms with E-state index in [1.807, 2.05) is 12.1 Å². The van der Waals surface area contributed by atoms with Crippen LogP contribution >= 0.6 is 23.2 Å². The number of likely N-dealkylation sites (tertiary alicyclic amines) is 1. The van der Waals surface area contributed by atoms with Crippen molar-refractivity contribution in [1.82, 2.24) is 4.90 Å². The molecule has 0 aromatic heterocycles. The number of nitrogens with zero attached hydrogens (tertiary/aromatic N) is 1. The van der Waals surface area contributed by atoms with Gasteiger partial charge in [0.2, 0.25) is 5.91 Å². The maximum absolute atomic E-state index is 13.8. The number of anilines is 1. The maximum atomic E-state index is 13.8. The predicted molar refractivity (Wildman–Crippen MR) is 121 cm³/mol. The third-order valence-electron chi connectivity index (χ3n) is 6.86. The van der Waals surface area contributed by atoms with Crippen molar-refractivity contribution in [3.63, 3.8) is 0 Å². The third-order valence-corrected chi connectivity index (χ3v) is 7.33. The van der Waals surface area contributed by atoms with Gasteiger partial charge in [0.25, 0.3) is 5.91 Å². The molecular formula is C24H22Cl2N2O4. The number of carboxylic acid groups (broad SMARTS) is 1. The van der Waals surface area contributed by atoms with Crippen LogP contribution in [-0.2, 0) is 19.9 Å². The summed E-state index contributed by atoms with van der Waals surface area (Å²) in [6.45, 7) is 0.418. The van der Waals surface area contributed by atoms with Crippen LogP contribution in [0.3, 0.4) is 0 Å². The molecule has 2 aromatic rings. The summed E-state index contributed by atoms with van der Waals surface area (Å²) in [4.78, 5) is 40.7. The minimum absolute atomic E-state index is 0.238. The number of hydrogen-bond acceptors (Lipinski definition) is 3. The van der Waals surface area contributed by atoms with E-state index in [-0.39, 0.29) is 24.7 Å². The minimum atomic E-state index is -1.28. The van der Waals surface area contributed by atoms with Gasteiger partial charge in [-0.15, -0.1) is 0 Å². The first-order valence-electron chi connectivity index (χ1n) is 10.7. The predicted octanol–water partition coefficient (Wildman–Crippen LogP) is 4.66. The smallest absolute Gasteiger partial charge is 0.304 e. The van der Waals surface area contributed by atoms with Crippen molar-refractivity contribution in [3.8, 4) is 0 Å². The summed E-state index contributed by atoms with van der Waals surface area (Å²) in [7, 11) is 0. The van der Waals surface area contributed by atoms with Crippen molar-refractivity contribution in [2.45, 2.75) is 37.1 Å². The van der Waals surface area contributed by atoms with E-state index in [9.17, 15) is 19.5 Å². The van der Waals surface area contributed by atoms with Crippen LogP contribution in [0, 0.1) is 11.8 Å². The molecule has 166 valence electrons. The number of rotatable bonds is 5. The Morgan fingerprint density at radius 3 is 2.56 bits per heavy atom. The lowest BCUT2D eigenvalue weighted by atomic mass is 9.66. The fraction of sp³-hybridized carbons (Fsp3) is 0.375. The van der Waals surface area contributed by atoms with Gasteiger partial charge in [0.1, 0.15) is 0 Å². The molecule has 0 bridgehead atoms. The van der Waals surface area contributed by atoms with Crippen LogP contribution < -0.4 is 5.32 Å². The Morgan fingerprint density at radius 2 is 1.88 bits per heavy atom. The molecule has 2 N–H and O–H groups in total. The van der Waals surface area contributed by atoms with Crippen molar-refractivity contribution >= 4 is 46.7 Å². The molecule has 1 aliphatic carbocycles. The number of carbonyl (C=O) groups is 3. The summed E-state index contributed by atoms with van der Waals surface area (Å²) in [6, 6.07) is 12.5. The maximum Gasteiger partial charge on any atom is 0.304 e. The molecule has 0 radical (unpaired) electrons. The van der Waals surface area contributed by atoms with Gasteiger partial charge in [0, 0.05) is 39.7 Å². The second-order valence-electron chi connectivity index (χ2n) is 8.94. The highest BCUT2D eigenvalue weighted by atomic mass is 35.5. The number of fused-ring (bicyclic) bond motifs is 2. The minimum Gasteiger partial charge on any atom is -0.481 e. The van der Waals surface area contributed by atoms with Gasteiger partial charge in [-0.2, -0.15) is 0 Å². The number of piperidine rings is 1. The molecule has 5 rings (SSSR count). The molecule has 2 heterocycles. The highest BCUT2D eigenvalue weighted by Gasteiger charge is 2.62. The monoisotopic (exact) mass is 472 g/mol. The number of amides is 2. The molecule has 2 aliphatic heterocycles. The van der Waals surface area contributed by atoms with Crippen LogP contribution in [0.25, 0.3) is 0 Å². The van der Waals surface area contributed by atoms with Gasteiger partial charge in [0.15, 0.2) is 5.54 Å². The van der Waals surface area contributed by atoms with E-state index in [0.29, 0.717) is 33.8 Å². The molecule has 1 saturated carbocycles. The van der Waals surface area contributed by atoms with E-state index in [1.54, 1.807) is 35.2 Å². The Morgan fingerprint density at radius 1 is 1.12 bits per heavy atom. The molecule has 1 spiro atoms. The van der Waals surface area contributed by atoms with Crippen LogP contribution in [0.5, 0.6) is 0 Å². The van der Waals surface area contributed by atoms with Crippen molar-refractivity contribution in [1.29, 1.82) is 0 Å². The zero-order valence-electron chi connectivity index (χ0n) is 17.2. The number of carbonyl (C=O) groups excluding carboxylic acids is 2. The highest BCUT2D eigenvalue weighted by molar-refractivity contribution is 6.31. The Kier molecular flexibility index (Phi) is 5.18.